The molecule has 0 aromatic heterocycles. The summed E-state index contributed by atoms with van der Waals surface area (Å²) in [5.41, 5.74) is 0.786. The Morgan fingerprint density at radius 3 is 2.43 bits per heavy atom. The second-order valence-electron chi connectivity index (χ2n) is 9.17. The molecule has 1 unspecified atom stereocenters. The summed E-state index contributed by atoms with van der Waals surface area (Å²) in [5.74, 6) is -0.282. The number of carbonyl (C=O) groups is 1. The molecule has 0 radical (unpaired) electrons. The fourth-order valence-electron chi connectivity index (χ4n) is 5.35. The zero-order valence-electron chi connectivity index (χ0n) is 17.9. The minimum absolute atomic E-state index is 0.0304. The summed E-state index contributed by atoms with van der Waals surface area (Å²) in [4.78, 5) is 13.6. The van der Waals surface area contributed by atoms with Crippen LogP contribution in [-0.2, 0) is 26.0 Å². The number of amides is 1. The number of benzene rings is 1. The monoisotopic (exact) mass is 434 g/mol. The summed E-state index contributed by atoms with van der Waals surface area (Å²) in [6.07, 6.45) is 7.94. The van der Waals surface area contributed by atoms with E-state index in [0.717, 1.165) is 50.5 Å². The van der Waals surface area contributed by atoms with Crippen LogP contribution < -0.4 is 5.32 Å². The number of carbonyl (C=O) groups excluding carboxylic acids is 1. The summed E-state index contributed by atoms with van der Waals surface area (Å²) in [6.45, 7) is 3.89. The van der Waals surface area contributed by atoms with Gasteiger partial charge in [-0.2, -0.15) is 4.31 Å². The quantitative estimate of drug-likeness (QED) is 0.773. The van der Waals surface area contributed by atoms with Gasteiger partial charge in [-0.25, -0.2) is 8.42 Å². The van der Waals surface area contributed by atoms with Crippen LogP contribution in [0.5, 0.6) is 0 Å². The van der Waals surface area contributed by atoms with Gasteiger partial charge in [0.1, 0.15) is 0 Å². The first-order valence-corrected chi connectivity index (χ1v) is 12.9. The Kier molecular flexibility index (Phi) is 6.51. The molecule has 6 nitrogen and oxygen atoms in total. The number of nitrogens with zero attached hydrogens (tertiary/aromatic N) is 1. The largest absolute Gasteiger partial charge is 0.381 e. The minimum atomic E-state index is -3.63. The van der Waals surface area contributed by atoms with Crippen molar-refractivity contribution in [3.05, 3.63) is 29.8 Å². The maximum atomic E-state index is 13.4. The first-order chi connectivity index (χ1) is 14.4. The van der Waals surface area contributed by atoms with E-state index in [0.29, 0.717) is 24.7 Å². The lowest BCUT2D eigenvalue weighted by molar-refractivity contribution is -0.130. The van der Waals surface area contributed by atoms with Crippen molar-refractivity contribution in [1.29, 1.82) is 0 Å². The van der Waals surface area contributed by atoms with Crippen LogP contribution in [0.4, 0.5) is 0 Å². The maximum absolute atomic E-state index is 13.4. The van der Waals surface area contributed by atoms with Crippen molar-refractivity contribution in [2.75, 3.05) is 26.3 Å². The van der Waals surface area contributed by atoms with Gasteiger partial charge < -0.3 is 10.1 Å². The highest BCUT2D eigenvalue weighted by molar-refractivity contribution is 7.89. The molecule has 1 aliphatic carbocycles. The summed E-state index contributed by atoms with van der Waals surface area (Å²) in [7, 11) is -3.63. The van der Waals surface area contributed by atoms with Gasteiger partial charge in [-0.15, -0.1) is 0 Å². The molecule has 1 N–H and O–H groups in total. The van der Waals surface area contributed by atoms with Gasteiger partial charge in [-0.3, -0.25) is 4.79 Å². The lowest BCUT2D eigenvalue weighted by Crippen LogP contribution is -2.47. The third-order valence-electron chi connectivity index (χ3n) is 7.34. The zero-order valence-corrected chi connectivity index (χ0v) is 18.8. The number of aryl methyl sites for hydroxylation is 1. The van der Waals surface area contributed by atoms with Gasteiger partial charge in [-0.1, -0.05) is 38.3 Å². The number of ether oxygens (including phenoxy) is 1. The molecule has 7 heteroatoms. The predicted octanol–water partition coefficient (Wildman–Crippen LogP) is 3.12. The highest BCUT2D eigenvalue weighted by Crippen LogP contribution is 2.46. The maximum Gasteiger partial charge on any atom is 0.243 e. The van der Waals surface area contributed by atoms with Crippen LogP contribution in [0.3, 0.4) is 0 Å². The normalized spacial score (nSPS) is 25.4. The highest BCUT2D eigenvalue weighted by Gasteiger charge is 2.53. The van der Waals surface area contributed by atoms with Gasteiger partial charge in [0.25, 0.3) is 0 Å². The Balaban J connectivity index is 1.56. The first-order valence-electron chi connectivity index (χ1n) is 11.4. The fourth-order valence-corrected chi connectivity index (χ4v) is 6.90. The highest BCUT2D eigenvalue weighted by atomic mass is 32.2. The van der Waals surface area contributed by atoms with Gasteiger partial charge in [0.05, 0.1) is 10.8 Å². The van der Waals surface area contributed by atoms with E-state index < -0.39 is 10.0 Å². The predicted molar refractivity (Wildman–Crippen MR) is 116 cm³/mol. The average molecular weight is 435 g/mol. The molecule has 2 aliphatic heterocycles. The first kappa shape index (κ1) is 21.8. The molecule has 4 rings (SSSR count). The van der Waals surface area contributed by atoms with Crippen LogP contribution in [0.1, 0.15) is 57.4 Å². The van der Waals surface area contributed by atoms with Crippen molar-refractivity contribution in [2.45, 2.75) is 69.2 Å². The van der Waals surface area contributed by atoms with Crippen LogP contribution in [0, 0.1) is 11.3 Å². The topological polar surface area (TPSA) is 75.7 Å². The third-order valence-corrected chi connectivity index (χ3v) is 9.17. The van der Waals surface area contributed by atoms with E-state index in [1.54, 1.807) is 16.4 Å². The molecule has 2 heterocycles. The van der Waals surface area contributed by atoms with Crippen molar-refractivity contribution >= 4 is 15.9 Å². The molecule has 3 fully saturated rings. The number of sulfonamides is 1. The Hall–Kier alpha value is -1.44. The number of hydrogen-bond acceptors (Lipinski definition) is 4. The van der Waals surface area contributed by atoms with Crippen molar-refractivity contribution in [2.24, 2.45) is 11.3 Å². The van der Waals surface area contributed by atoms with Crippen molar-refractivity contribution in [3.63, 3.8) is 0 Å². The molecule has 1 aromatic rings. The van der Waals surface area contributed by atoms with Crippen LogP contribution in [0.25, 0.3) is 0 Å². The molecular weight excluding hydrogens is 400 g/mol. The lowest BCUT2D eigenvalue weighted by Gasteiger charge is -2.38. The SMILES string of the molecule is CCc1ccc(S(=O)(=O)N2CC(C(=O)NC3CCCCC3)C3(CCOCC3)C2)cc1. The number of rotatable bonds is 5. The van der Waals surface area contributed by atoms with Crippen molar-refractivity contribution < 1.29 is 17.9 Å². The Bertz CT molecular complexity index is 840. The zero-order chi connectivity index (χ0) is 21.2. The van der Waals surface area contributed by atoms with E-state index in [4.69, 9.17) is 4.74 Å². The summed E-state index contributed by atoms with van der Waals surface area (Å²) < 4.78 is 33.9. The molecular formula is C23H34N2O4S. The summed E-state index contributed by atoms with van der Waals surface area (Å²) in [5, 5.41) is 3.26. The minimum Gasteiger partial charge on any atom is -0.381 e. The fraction of sp³-hybridized carbons (Fsp3) is 0.696. The lowest BCUT2D eigenvalue weighted by atomic mass is 9.71. The van der Waals surface area contributed by atoms with E-state index in [1.807, 2.05) is 12.1 Å². The van der Waals surface area contributed by atoms with Crippen molar-refractivity contribution in [1.82, 2.24) is 9.62 Å². The van der Waals surface area contributed by atoms with E-state index >= 15 is 0 Å². The van der Waals surface area contributed by atoms with Crippen LogP contribution in [-0.4, -0.2) is 51.0 Å². The molecule has 3 aliphatic rings. The second-order valence-corrected chi connectivity index (χ2v) is 11.1. The standard InChI is InChI=1S/C23H34N2O4S/c1-2-18-8-10-20(11-9-18)30(27,28)25-16-21(23(17-25)12-14-29-15-13-23)22(26)24-19-6-4-3-5-7-19/h8-11,19,21H,2-7,12-17H2,1H3,(H,24,26). The van der Waals surface area contributed by atoms with Gasteiger partial charge in [0, 0.05) is 37.8 Å². The molecule has 1 amide bonds. The van der Waals surface area contributed by atoms with Crippen LogP contribution in [0.2, 0.25) is 0 Å². The molecule has 1 atom stereocenters. The molecule has 166 valence electrons. The molecule has 0 bridgehead atoms. The molecule has 2 saturated heterocycles. The second kappa shape index (κ2) is 8.97. The average Bonchev–Trinajstić information content (AvgIpc) is 3.14. The smallest absolute Gasteiger partial charge is 0.243 e. The molecule has 1 spiro atoms. The van der Waals surface area contributed by atoms with Gasteiger partial charge in [-0.05, 0) is 49.8 Å². The van der Waals surface area contributed by atoms with Crippen LogP contribution in [0.15, 0.2) is 29.2 Å². The Morgan fingerprint density at radius 2 is 1.80 bits per heavy atom. The molecule has 1 saturated carbocycles. The van der Waals surface area contributed by atoms with Crippen molar-refractivity contribution in [3.8, 4) is 0 Å². The summed E-state index contributed by atoms with van der Waals surface area (Å²) >= 11 is 0. The Morgan fingerprint density at radius 1 is 1.13 bits per heavy atom. The van der Waals surface area contributed by atoms with Gasteiger partial charge in [0.15, 0.2) is 0 Å². The third kappa shape index (κ3) is 4.30. The number of nitrogens with one attached hydrogen (secondary N) is 1. The van der Waals surface area contributed by atoms with E-state index in [2.05, 4.69) is 12.2 Å². The number of hydrogen-bond donors (Lipinski definition) is 1. The summed E-state index contributed by atoms with van der Waals surface area (Å²) in [6, 6.07) is 7.37. The molecule has 1 aromatic carbocycles. The van der Waals surface area contributed by atoms with Crippen LogP contribution >= 0.6 is 0 Å². The Labute approximate surface area is 180 Å². The van der Waals surface area contributed by atoms with E-state index in [9.17, 15) is 13.2 Å². The van der Waals surface area contributed by atoms with E-state index in [-0.39, 0.29) is 29.8 Å². The molecule has 30 heavy (non-hydrogen) atoms. The van der Waals surface area contributed by atoms with Gasteiger partial charge >= 0.3 is 0 Å². The van der Waals surface area contributed by atoms with E-state index in [1.165, 1.54) is 6.42 Å². The van der Waals surface area contributed by atoms with Gasteiger partial charge in [0.2, 0.25) is 15.9 Å².